The normalized spacial score (nSPS) is 39.7. The van der Waals surface area contributed by atoms with Gasteiger partial charge in [0.2, 0.25) is 6.43 Å². The molecule has 27 heavy (non-hydrogen) atoms. The summed E-state index contributed by atoms with van der Waals surface area (Å²) in [5.41, 5.74) is 3.12. The fourth-order valence-electron chi connectivity index (χ4n) is 6.08. The van der Waals surface area contributed by atoms with Crippen LogP contribution in [0.25, 0.3) is 0 Å². The fourth-order valence-corrected chi connectivity index (χ4v) is 6.08. The molecule has 0 spiro atoms. The highest BCUT2D eigenvalue weighted by atomic mass is 19.3. The lowest BCUT2D eigenvalue weighted by atomic mass is 9.61. The van der Waals surface area contributed by atoms with E-state index >= 15 is 0 Å². The van der Waals surface area contributed by atoms with Crippen molar-refractivity contribution in [2.45, 2.75) is 83.8 Å². The van der Waals surface area contributed by atoms with Crippen LogP contribution >= 0.6 is 0 Å². The van der Waals surface area contributed by atoms with E-state index in [0.29, 0.717) is 30.3 Å². The summed E-state index contributed by atoms with van der Waals surface area (Å²) in [6.07, 6.45) is 7.25. The van der Waals surface area contributed by atoms with Crippen molar-refractivity contribution in [1.29, 1.82) is 0 Å². The lowest BCUT2D eigenvalue weighted by molar-refractivity contribution is 0.0522. The monoisotopic (exact) mass is 380 g/mol. The van der Waals surface area contributed by atoms with Gasteiger partial charge >= 0.3 is 0 Å². The van der Waals surface area contributed by atoms with Crippen LogP contribution in [0.5, 0.6) is 0 Å². The van der Waals surface area contributed by atoms with Crippen LogP contribution in [0.15, 0.2) is 35.5 Å². The standard InChI is InChI=1S/C23H34F2O2/c1-14(11-22(24)25)18-8-9-19-17(5-4-10-23(18,19)3)7-6-16-12-20(26)15(2)21(27)13-16/h6-7,14,18-22,26-27H,2,4-5,8-13H2,1,3H3/t14?,18-,19+,20-,21-,23-/m1/s1. The number of aliphatic hydroxyl groups excluding tert-OH is 2. The zero-order valence-corrected chi connectivity index (χ0v) is 16.6. The zero-order valence-electron chi connectivity index (χ0n) is 16.6. The molecule has 3 aliphatic rings. The topological polar surface area (TPSA) is 40.5 Å². The largest absolute Gasteiger partial charge is 0.388 e. The quantitative estimate of drug-likeness (QED) is 0.640. The van der Waals surface area contributed by atoms with E-state index in [1.807, 2.05) is 6.92 Å². The van der Waals surface area contributed by atoms with Gasteiger partial charge in [0.15, 0.2) is 0 Å². The van der Waals surface area contributed by atoms with Crippen molar-refractivity contribution in [1.82, 2.24) is 0 Å². The van der Waals surface area contributed by atoms with Crippen molar-refractivity contribution in [2.24, 2.45) is 23.2 Å². The lowest BCUT2D eigenvalue weighted by Gasteiger charge is -2.44. The number of rotatable bonds is 4. The van der Waals surface area contributed by atoms with Crippen LogP contribution in [0, 0.1) is 23.2 Å². The van der Waals surface area contributed by atoms with E-state index in [4.69, 9.17) is 0 Å². The lowest BCUT2D eigenvalue weighted by Crippen LogP contribution is -2.36. The number of hydrogen-bond donors (Lipinski definition) is 2. The van der Waals surface area contributed by atoms with Crippen molar-refractivity contribution in [2.75, 3.05) is 0 Å². The van der Waals surface area contributed by atoms with Gasteiger partial charge in [0.1, 0.15) is 0 Å². The van der Waals surface area contributed by atoms with Crippen LogP contribution in [-0.2, 0) is 0 Å². The van der Waals surface area contributed by atoms with E-state index in [1.54, 1.807) is 0 Å². The van der Waals surface area contributed by atoms with Crippen molar-refractivity contribution in [3.63, 3.8) is 0 Å². The van der Waals surface area contributed by atoms with Gasteiger partial charge in [-0.3, -0.25) is 0 Å². The first-order valence-corrected chi connectivity index (χ1v) is 10.4. The second-order valence-electron chi connectivity index (χ2n) is 9.28. The van der Waals surface area contributed by atoms with Crippen LogP contribution in [0.3, 0.4) is 0 Å². The Balaban J connectivity index is 1.76. The molecular formula is C23H34F2O2. The number of halogens is 2. The summed E-state index contributed by atoms with van der Waals surface area (Å²) in [5, 5.41) is 20.1. The number of aliphatic hydroxyl groups is 2. The van der Waals surface area contributed by atoms with Gasteiger partial charge in [-0.1, -0.05) is 43.7 Å². The van der Waals surface area contributed by atoms with E-state index in [-0.39, 0.29) is 17.8 Å². The third-order valence-electron chi connectivity index (χ3n) is 7.57. The van der Waals surface area contributed by atoms with Crippen LogP contribution in [0.1, 0.15) is 65.2 Å². The molecule has 0 aliphatic heterocycles. The maximum absolute atomic E-state index is 12.9. The van der Waals surface area contributed by atoms with Crippen molar-refractivity contribution >= 4 is 0 Å². The van der Waals surface area contributed by atoms with E-state index in [9.17, 15) is 19.0 Å². The van der Waals surface area contributed by atoms with E-state index in [0.717, 1.165) is 37.7 Å². The third kappa shape index (κ3) is 4.22. The highest BCUT2D eigenvalue weighted by Gasteiger charge is 2.50. The number of alkyl halides is 2. The molecule has 1 unspecified atom stereocenters. The molecule has 3 rings (SSSR count). The van der Waals surface area contributed by atoms with Gasteiger partial charge in [0.05, 0.1) is 12.2 Å². The summed E-state index contributed by atoms with van der Waals surface area (Å²) in [6.45, 7) is 8.08. The Morgan fingerprint density at radius 1 is 1.19 bits per heavy atom. The van der Waals surface area contributed by atoms with Crippen molar-refractivity contribution in [3.05, 3.63) is 35.5 Å². The third-order valence-corrected chi connectivity index (χ3v) is 7.57. The van der Waals surface area contributed by atoms with E-state index in [2.05, 4.69) is 25.7 Å². The van der Waals surface area contributed by atoms with Crippen molar-refractivity contribution < 1.29 is 19.0 Å². The average molecular weight is 381 g/mol. The molecule has 0 bridgehead atoms. The van der Waals surface area contributed by atoms with E-state index < -0.39 is 18.6 Å². The summed E-state index contributed by atoms with van der Waals surface area (Å²) in [5.74, 6) is 0.906. The molecule has 6 atom stereocenters. The van der Waals surface area contributed by atoms with Gasteiger partial charge in [-0.05, 0) is 73.7 Å². The Morgan fingerprint density at radius 2 is 1.85 bits per heavy atom. The SMILES string of the molecule is C=C1[C@H](O)CC(=CC=C2CCC[C@]3(C)[C@@H](C(C)CC(F)F)CC[C@@H]23)C[C@H]1O. The van der Waals surface area contributed by atoms with Crippen LogP contribution < -0.4 is 0 Å². The molecule has 0 aromatic rings. The molecule has 4 heteroatoms. The number of fused-ring (bicyclic) bond motifs is 1. The van der Waals surface area contributed by atoms with Gasteiger partial charge in [-0.2, -0.15) is 0 Å². The predicted octanol–water partition coefficient (Wildman–Crippen LogP) is 5.42. The summed E-state index contributed by atoms with van der Waals surface area (Å²) >= 11 is 0. The Morgan fingerprint density at radius 3 is 2.48 bits per heavy atom. The van der Waals surface area contributed by atoms with E-state index in [1.165, 1.54) is 5.57 Å². The molecule has 0 saturated heterocycles. The van der Waals surface area contributed by atoms with Gasteiger partial charge in [0.25, 0.3) is 0 Å². The molecule has 152 valence electrons. The zero-order chi connectivity index (χ0) is 19.8. The first-order valence-electron chi connectivity index (χ1n) is 10.4. The van der Waals surface area contributed by atoms with Crippen LogP contribution in [0.4, 0.5) is 8.78 Å². The molecule has 3 aliphatic carbocycles. The molecule has 2 nitrogen and oxygen atoms in total. The maximum Gasteiger partial charge on any atom is 0.238 e. The molecular weight excluding hydrogens is 346 g/mol. The number of allylic oxidation sites excluding steroid dienone is 3. The van der Waals surface area contributed by atoms with Gasteiger partial charge < -0.3 is 10.2 Å². The summed E-state index contributed by atoms with van der Waals surface area (Å²) in [6, 6.07) is 0. The Kier molecular flexibility index (Phi) is 6.27. The second-order valence-corrected chi connectivity index (χ2v) is 9.28. The first-order chi connectivity index (χ1) is 12.7. The first kappa shape index (κ1) is 20.7. The minimum Gasteiger partial charge on any atom is -0.388 e. The molecule has 3 fully saturated rings. The molecule has 0 amide bonds. The molecule has 0 aromatic heterocycles. The smallest absolute Gasteiger partial charge is 0.238 e. The molecule has 0 aromatic carbocycles. The Hall–Kier alpha value is -1.00. The molecule has 0 heterocycles. The maximum atomic E-state index is 12.9. The predicted molar refractivity (Wildman–Crippen MR) is 105 cm³/mol. The summed E-state index contributed by atoms with van der Waals surface area (Å²) < 4.78 is 25.8. The molecule has 2 N–H and O–H groups in total. The molecule has 0 radical (unpaired) electrons. The Bertz CT molecular complexity index is 608. The highest BCUT2D eigenvalue weighted by Crippen LogP contribution is 2.59. The summed E-state index contributed by atoms with van der Waals surface area (Å²) in [7, 11) is 0. The van der Waals surface area contributed by atoms with Gasteiger partial charge in [-0.25, -0.2) is 8.78 Å². The van der Waals surface area contributed by atoms with Crippen LogP contribution in [0.2, 0.25) is 0 Å². The van der Waals surface area contributed by atoms with Gasteiger partial charge in [0, 0.05) is 6.42 Å². The fraction of sp³-hybridized carbons (Fsp3) is 0.739. The number of hydrogen-bond acceptors (Lipinski definition) is 2. The molecule has 3 saturated carbocycles. The minimum atomic E-state index is -2.22. The van der Waals surface area contributed by atoms with Crippen molar-refractivity contribution in [3.8, 4) is 0 Å². The van der Waals surface area contributed by atoms with Gasteiger partial charge in [-0.15, -0.1) is 0 Å². The summed E-state index contributed by atoms with van der Waals surface area (Å²) in [4.78, 5) is 0. The minimum absolute atomic E-state index is 0.00966. The van der Waals surface area contributed by atoms with Crippen LogP contribution in [-0.4, -0.2) is 28.8 Å². The highest BCUT2D eigenvalue weighted by molar-refractivity contribution is 5.29. The second kappa shape index (κ2) is 8.16. The average Bonchev–Trinajstić information content (AvgIpc) is 2.94. The Labute approximate surface area is 162 Å².